The topological polar surface area (TPSA) is 54.5 Å². The average Bonchev–Trinajstić information content (AvgIpc) is 2.69. The lowest BCUT2D eigenvalue weighted by Crippen LogP contribution is -2.29. The van der Waals surface area contributed by atoms with Crippen LogP contribution >= 0.6 is 0 Å². The summed E-state index contributed by atoms with van der Waals surface area (Å²) in [5, 5.41) is -1.28. The van der Waals surface area contributed by atoms with Crippen molar-refractivity contribution in [2.75, 3.05) is 10.7 Å². The standard InChI is InChI=1S/C15H11F2NO3S/c16-11-6-4-10(5-7-11)15-18(14(19)9-22(15,20)21)13-3-1-2-12(17)8-13/h1-8,15H,9H2. The number of amides is 1. The zero-order chi connectivity index (χ0) is 15.9. The van der Waals surface area contributed by atoms with Gasteiger partial charge in [0.25, 0.3) is 0 Å². The van der Waals surface area contributed by atoms with Crippen LogP contribution in [0.15, 0.2) is 48.5 Å². The van der Waals surface area contributed by atoms with Gasteiger partial charge in [0.05, 0.1) is 0 Å². The molecule has 0 spiro atoms. The van der Waals surface area contributed by atoms with Gasteiger partial charge in [0.15, 0.2) is 15.2 Å². The molecular formula is C15H11F2NO3S. The molecule has 1 atom stereocenters. The molecule has 1 aliphatic rings. The van der Waals surface area contributed by atoms with Gasteiger partial charge >= 0.3 is 0 Å². The molecule has 2 aromatic carbocycles. The van der Waals surface area contributed by atoms with Crippen LogP contribution in [0.4, 0.5) is 14.5 Å². The van der Waals surface area contributed by atoms with Crippen LogP contribution in [0.3, 0.4) is 0 Å². The van der Waals surface area contributed by atoms with Gasteiger partial charge in [0.1, 0.15) is 17.4 Å². The highest BCUT2D eigenvalue weighted by molar-refractivity contribution is 7.93. The van der Waals surface area contributed by atoms with Crippen molar-refractivity contribution < 1.29 is 22.0 Å². The van der Waals surface area contributed by atoms with Crippen molar-refractivity contribution in [1.82, 2.24) is 0 Å². The fraction of sp³-hybridized carbons (Fsp3) is 0.133. The van der Waals surface area contributed by atoms with Crippen molar-refractivity contribution in [3.63, 3.8) is 0 Å². The Morgan fingerprint density at radius 1 is 1.00 bits per heavy atom. The number of benzene rings is 2. The minimum Gasteiger partial charge on any atom is -0.290 e. The smallest absolute Gasteiger partial charge is 0.243 e. The Labute approximate surface area is 125 Å². The number of sulfone groups is 1. The summed E-state index contributed by atoms with van der Waals surface area (Å²) in [5.41, 5.74) is 0.414. The van der Waals surface area contributed by atoms with Gasteiger partial charge in [-0.15, -0.1) is 0 Å². The van der Waals surface area contributed by atoms with Crippen molar-refractivity contribution >= 4 is 21.4 Å². The Morgan fingerprint density at radius 3 is 2.32 bits per heavy atom. The minimum atomic E-state index is -3.78. The molecule has 0 N–H and O–H groups in total. The molecule has 0 aliphatic carbocycles. The van der Waals surface area contributed by atoms with Crippen molar-refractivity contribution in [3.8, 4) is 0 Å². The first kappa shape index (κ1) is 14.6. The first-order valence-corrected chi connectivity index (χ1v) is 8.15. The quantitative estimate of drug-likeness (QED) is 0.853. The fourth-order valence-electron chi connectivity index (χ4n) is 2.50. The van der Waals surface area contributed by atoms with E-state index in [0.29, 0.717) is 0 Å². The third-order valence-corrected chi connectivity index (χ3v) is 5.22. The lowest BCUT2D eigenvalue weighted by atomic mass is 10.2. The highest BCUT2D eigenvalue weighted by Crippen LogP contribution is 2.37. The summed E-state index contributed by atoms with van der Waals surface area (Å²) in [6.45, 7) is 0. The molecule has 114 valence electrons. The molecule has 0 aromatic heterocycles. The molecule has 0 saturated carbocycles. The van der Waals surface area contributed by atoms with E-state index in [4.69, 9.17) is 0 Å². The SMILES string of the molecule is O=C1CS(=O)(=O)C(c2ccc(F)cc2)N1c1cccc(F)c1. The molecule has 7 heteroatoms. The average molecular weight is 323 g/mol. The molecule has 3 rings (SSSR count). The summed E-state index contributed by atoms with van der Waals surface area (Å²) in [7, 11) is -3.78. The summed E-state index contributed by atoms with van der Waals surface area (Å²) in [6.07, 6.45) is 0. The molecule has 1 aliphatic heterocycles. The van der Waals surface area contributed by atoms with Crippen LogP contribution in [-0.2, 0) is 14.6 Å². The van der Waals surface area contributed by atoms with E-state index in [1.165, 1.54) is 30.3 Å². The van der Waals surface area contributed by atoms with Crippen LogP contribution in [0.2, 0.25) is 0 Å². The van der Waals surface area contributed by atoms with E-state index in [1.807, 2.05) is 0 Å². The number of hydrogen-bond acceptors (Lipinski definition) is 3. The van der Waals surface area contributed by atoms with Gasteiger partial charge in [0, 0.05) is 5.69 Å². The second kappa shape index (κ2) is 5.17. The van der Waals surface area contributed by atoms with Crippen LogP contribution in [0.25, 0.3) is 0 Å². The number of rotatable bonds is 2. The van der Waals surface area contributed by atoms with Crippen molar-refractivity contribution in [2.45, 2.75) is 5.37 Å². The Hall–Kier alpha value is -2.28. The van der Waals surface area contributed by atoms with Gasteiger partial charge in [-0.3, -0.25) is 9.69 Å². The van der Waals surface area contributed by atoms with E-state index in [1.54, 1.807) is 0 Å². The molecule has 4 nitrogen and oxygen atoms in total. The van der Waals surface area contributed by atoms with Crippen molar-refractivity contribution in [1.29, 1.82) is 0 Å². The molecule has 1 fully saturated rings. The Bertz CT molecular complexity index is 834. The Kier molecular flexibility index (Phi) is 3.44. The van der Waals surface area contributed by atoms with Gasteiger partial charge in [-0.2, -0.15) is 0 Å². The van der Waals surface area contributed by atoms with E-state index in [-0.39, 0.29) is 11.3 Å². The second-order valence-electron chi connectivity index (χ2n) is 4.95. The maximum atomic E-state index is 13.4. The zero-order valence-corrected chi connectivity index (χ0v) is 12.1. The van der Waals surface area contributed by atoms with Crippen molar-refractivity contribution in [2.24, 2.45) is 0 Å². The number of carbonyl (C=O) groups excluding carboxylic acids is 1. The summed E-state index contributed by atoms with van der Waals surface area (Å²) >= 11 is 0. The maximum absolute atomic E-state index is 13.4. The number of carbonyl (C=O) groups is 1. The zero-order valence-electron chi connectivity index (χ0n) is 11.2. The number of halogens is 2. The Balaban J connectivity index is 2.14. The van der Waals surface area contributed by atoms with Gasteiger partial charge in [-0.05, 0) is 35.9 Å². The van der Waals surface area contributed by atoms with Gasteiger partial charge in [-0.25, -0.2) is 17.2 Å². The van der Waals surface area contributed by atoms with E-state index < -0.39 is 38.5 Å². The molecule has 1 amide bonds. The molecular weight excluding hydrogens is 312 g/mol. The number of hydrogen-bond donors (Lipinski definition) is 0. The Morgan fingerprint density at radius 2 is 1.68 bits per heavy atom. The molecule has 1 heterocycles. The van der Waals surface area contributed by atoms with Crippen LogP contribution in [0.5, 0.6) is 0 Å². The summed E-state index contributed by atoms with van der Waals surface area (Å²) < 4.78 is 51.0. The third kappa shape index (κ3) is 2.48. The van der Waals surface area contributed by atoms with Gasteiger partial charge < -0.3 is 0 Å². The van der Waals surface area contributed by atoms with Gasteiger partial charge in [-0.1, -0.05) is 18.2 Å². The van der Waals surface area contributed by atoms with Crippen molar-refractivity contribution in [3.05, 3.63) is 65.7 Å². The fourth-order valence-corrected chi connectivity index (χ4v) is 4.27. The molecule has 1 unspecified atom stereocenters. The number of nitrogens with zero attached hydrogens (tertiary/aromatic N) is 1. The highest BCUT2D eigenvalue weighted by atomic mass is 32.2. The first-order chi connectivity index (χ1) is 10.4. The molecule has 2 aromatic rings. The largest absolute Gasteiger partial charge is 0.290 e. The van der Waals surface area contributed by atoms with Crippen LogP contribution in [-0.4, -0.2) is 20.1 Å². The summed E-state index contributed by atoms with van der Waals surface area (Å²) in [6, 6.07) is 10.0. The molecule has 0 radical (unpaired) electrons. The lowest BCUT2D eigenvalue weighted by Gasteiger charge is -2.23. The third-order valence-electron chi connectivity index (χ3n) is 3.41. The van der Waals surface area contributed by atoms with Crippen LogP contribution < -0.4 is 4.90 Å². The highest BCUT2D eigenvalue weighted by Gasteiger charge is 2.45. The van der Waals surface area contributed by atoms with Crippen LogP contribution in [0.1, 0.15) is 10.9 Å². The van der Waals surface area contributed by atoms with E-state index in [2.05, 4.69) is 0 Å². The van der Waals surface area contributed by atoms with Gasteiger partial charge in [0.2, 0.25) is 5.91 Å². The first-order valence-electron chi connectivity index (χ1n) is 6.43. The monoisotopic (exact) mass is 323 g/mol. The molecule has 22 heavy (non-hydrogen) atoms. The summed E-state index contributed by atoms with van der Waals surface area (Å²) in [4.78, 5) is 13.1. The maximum Gasteiger partial charge on any atom is 0.243 e. The predicted octanol–water partition coefficient (Wildman–Crippen LogP) is 2.43. The molecule has 0 bridgehead atoms. The lowest BCUT2D eigenvalue weighted by molar-refractivity contribution is -0.115. The van der Waals surface area contributed by atoms with E-state index in [9.17, 15) is 22.0 Å². The van der Waals surface area contributed by atoms with E-state index >= 15 is 0 Å². The summed E-state index contributed by atoms with van der Waals surface area (Å²) in [5.74, 6) is -2.39. The minimum absolute atomic E-state index is 0.153. The van der Waals surface area contributed by atoms with E-state index in [0.717, 1.165) is 23.1 Å². The second-order valence-corrected chi connectivity index (χ2v) is 7.02. The molecule has 1 saturated heterocycles. The normalized spacial score (nSPS) is 20.4. The van der Waals surface area contributed by atoms with Crippen LogP contribution in [0, 0.1) is 11.6 Å². The number of anilines is 1. The predicted molar refractivity (Wildman–Crippen MR) is 76.8 cm³/mol.